The number of aryl methyl sites for hydroxylation is 2. The van der Waals surface area contributed by atoms with E-state index in [2.05, 4.69) is 21.8 Å². The first-order valence-corrected chi connectivity index (χ1v) is 17.1. The molecule has 1 aromatic carbocycles. The maximum absolute atomic E-state index is 16.5. The second-order valence-electron chi connectivity index (χ2n) is 12.4. The smallest absolute Gasteiger partial charge is 0.281 e. The number of nitrogens with zero attached hydrogens (tertiary/aromatic N) is 5. The predicted octanol–water partition coefficient (Wildman–Crippen LogP) is 5.80. The standard InChI is InChI=1S/C34H34F2N6O4S/c1-17(2)28-30(19(4)9-12-37-28)42-32-22(15-24(36)29(39-32)26-18(3)7-8-25-23(26)16-38-40-25)27(31(34(42)44)47(6,45)46)21-10-13-41(14-11-21)33(43)20(5)35/h7-9,12,15-17,21H,5,10-11,13-14H2,1-4,6H3,(H,38,40). The molecule has 5 aromatic rings. The number of sulfone groups is 1. The number of likely N-dealkylation sites (tertiary alicyclic amines) is 1. The van der Waals surface area contributed by atoms with E-state index in [9.17, 15) is 22.4 Å². The number of rotatable bonds is 6. The first-order valence-electron chi connectivity index (χ1n) is 15.2. The van der Waals surface area contributed by atoms with Crippen molar-refractivity contribution in [3.05, 3.63) is 87.6 Å². The number of piperidine rings is 1. The van der Waals surface area contributed by atoms with Crippen LogP contribution in [-0.2, 0) is 14.6 Å². The summed E-state index contributed by atoms with van der Waals surface area (Å²) in [6.45, 7) is 10.7. The number of hydrogen-bond acceptors (Lipinski definition) is 7. The van der Waals surface area contributed by atoms with Crippen LogP contribution >= 0.6 is 0 Å². The summed E-state index contributed by atoms with van der Waals surface area (Å²) in [4.78, 5) is 37.3. The maximum atomic E-state index is 16.5. The highest BCUT2D eigenvalue weighted by molar-refractivity contribution is 7.90. The molecule has 13 heteroatoms. The van der Waals surface area contributed by atoms with Gasteiger partial charge in [0.25, 0.3) is 11.5 Å². The molecule has 1 aliphatic rings. The third-order valence-corrected chi connectivity index (χ3v) is 10.0. The van der Waals surface area contributed by atoms with Gasteiger partial charge in [0.2, 0.25) is 0 Å². The van der Waals surface area contributed by atoms with Gasteiger partial charge >= 0.3 is 0 Å². The van der Waals surface area contributed by atoms with Crippen molar-refractivity contribution in [1.82, 2.24) is 29.6 Å². The van der Waals surface area contributed by atoms with Gasteiger partial charge in [-0.05, 0) is 73.4 Å². The molecule has 0 radical (unpaired) electrons. The van der Waals surface area contributed by atoms with Crippen molar-refractivity contribution in [2.75, 3.05) is 19.3 Å². The Bertz CT molecular complexity index is 2290. The van der Waals surface area contributed by atoms with Crippen LogP contribution in [0.2, 0.25) is 0 Å². The van der Waals surface area contributed by atoms with Gasteiger partial charge in [-0.1, -0.05) is 26.5 Å². The summed E-state index contributed by atoms with van der Waals surface area (Å²) >= 11 is 0. The topological polar surface area (TPSA) is 131 Å². The summed E-state index contributed by atoms with van der Waals surface area (Å²) < 4.78 is 58.6. The fourth-order valence-electron chi connectivity index (χ4n) is 6.70. The molecule has 1 saturated heterocycles. The van der Waals surface area contributed by atoms with Gasteiger partial charge < -0.3 is 4.90 Å². The Labute approximate surface area is 270 Å². The molecule has 0 unspecified atom stereocenters. The number of fused-ring (bicyclic) bond motifs is 2. The number of aromatic nitrogens is 5. The van der Waals surface area contributed by atoms with E-state index in [0.717, 1.165) is 11.8 Å². The van der Waals surface area contributed by atoms with Crippen LogP contribution < -0.4 is 5.56 Å². The lowest BCUT2D eigenvalue weighted by Crippen LogP contribution is -2.39. The van der Waals surface area contributed by atoms with Crippen molar-refractivity contribution >= 4 is 37.7 Å². The Morgan fingerprint density at radius 3 is 2.45 bits per heavy atom. The average Bonchev–Trinajstić information content (AvgIpc) is 3.49. The van der Waals surface area contributed by atoms with Gasteiger partial charge in [-0.15, -0.1) is 0 Å². The largest absolute Gasteiger partial charge is 0.337 e. The molecule has 4 aromatic heterocycles. The lowest BCUT2D eigenvalue weighted by atomic mass is 9.87. The molecule has 1 fully saturated rings. The van der Waals surface area contributed by atoms with Gasteiger partial charge in [-0.3, -0.25) is 24.2 Å². The van der Waals surface area contributed by atoms with Crippen LogP contribution in [0.3, 0.4) is 0 Å². The number of halogens is 2. The summed E-state index contributed by atoms with van der Waals surface area (Å²) in [5.74, 6) is -3.40. The lowest BCUT2D eigenvalue weighted by molar-refractivity contribution is -0.129. The molecule has 1 aliphatic heterocycles. The molecule has 0 bridgehead atoms. The van der Waals surface area contributed by atoms with Gasteiger partial charge in [-0.25, -0.2) is 22.2 Å². The Hall–Kier alpha value is -4.78. The first-order chi connectivity index (χ1) is 22.2. The Balaban J connectivity index is 1.75. The van der Waals surface area contributed by atoms with E-state index >= 15 is 4.39 Å². The zero-order valence-corrected chi connectivity index (χ0v) is 27.5. The van der Waals surface area contributed by atoms with E-state index < -0.39 is 43.8 Å². The SMILES string of the molecule is C=C(F)C(=O)N1CCC(c2c(S(C)(=O)=O)c(=O)n(-c3c(C)ccnc3C(C)C)c3nc(-c4c(C)ccc5[nH]ncc45)c(F)cc23)CC1. The van der Waals surface area contributed by atoms with E-state index in [1.54, 1.807) is 25.4 Å². The number of nitrogens with one attached hydrogen (secondary N) is 1. The van der Waals surface area contributed by atoms with Crippen LogP contribution in [0.25, 0.3) is 38.9 Å². The maximum Gasteiger partial charge on any atom is 0.281 e. The Kier molecular flexibility index (Phi) is 8.07. The average molecular weight is 661 g/mol. The van der Waals surface area contributed by atoms with Crippen LogP contribution in [0.15, 0.2) is 58.8 Å². The van der Waals surface area contributed by atoms with Gasteiger partial charge in [0.05, 0.1) is 23.1 Å². The van der Waals surface area contributed by atoms with Crippen LogP contribution in [0.5, 0.6) is 0 Å². The molecular weight excluding hydrogens is 626 g/mol. The van der Waals surface area contributed by atoms with Crippen molar-refractivity contribution in [3.8, 4) is 16.9 Å². The zero-order valence-electron chi connectivity index (χ0n) is 26.7. The molecule has 0 spiro atoms. The summed E-state index contributed by atoms with van der Waals surface area (Å²) in [6, 6.07) is 6.61. The number of benzene rings is 1. The minimum absolute atomic E-state index is 0.0253. The highest BCUT2D eigenvalue weighted by atomic mass is 32.2. The second-order valence-corrected chi connectivity index (χ2v) is 14.4. The number of carbonyl (C=O) groups is 1. The van der Waals surface area contributed by atoms with E-state index in [-0.39, 0.29) is 54.1 Å². The molecule has 10 nitrogen and oxygen atoms in total. The number of carbonyl (C=O) groups excluding carboxylic acids is 1. The fraction of sp³-hybridized carbons (Fsp3) is 0.324. The van der Waals surface area contributed by atoms with Crippen molar-refractivity contribution < 1.29 is 22.0 Å². The van der Waals surface area contributed by atoms with Crippen molar-refractivity contribution in [2.45, 2.75) is 57.3 Å². The minimum atomic E-state index is -4.20. The van der Waals surface area contributed by atoms with Crippen molar-refractivity contribution in [1.29, 1.82) is 0 Å². The minimum Gasteiger partial charge on any atom is -0.337 e. The number of aromatic amines is 1. The monoisotopic (exact) mass is 660 g/mol. The fourth-order valence-corrected chi connectivity index (χ4v) is 7.78. The van der Waals surface area contributed by atoms with Crippen molar-refractivity contribution in [2.24, 2.45) is 0 Å². The summed E-state index contributed by atoms with van der Waals surface area (Å²) in [6.07, 6.45) is 4.57. The summed E-state index contributed by atoms with van der Waals surface area (Å²) in [5, 5.41) is 7.80. The van der Waals surface area contributed by atoms with Crippen LogP contribution in [0, 0.1) is 19.7 Å². The van der Waals surface area contributed by atoms with E-state index in [4.69, 9.17) is 4.98 Å². The third kappa shape index (κ3) is 5.41. The van der Waals surface area contributed by atoms with Crippen molar-refractivity contribution in [3.63, 3.8) is 0 Å². The lowest BCUT2D eigenvalue weighted by Gasteiger charge is -2.33. The Morgan fingerprint density at radius 1 is 1.11 bits per heavy atom. The molecular formula is C34H34F2N6O4S. The molecule has 47 heavy (non-hydrogen) atoms. The molecule has 0 saturated carbocycles. The molecule has 5 heterocycles. The van der Waals surface area contributed by atoms with Gasteiger partial charge in [0.1, 0.15) is 22.1 Å². The molecule has 1 N–H and O–H groups in total. The number of pyridine rings is 3. The number of amides is 1. The quantitative estimate of drug-likeness (QED) is 0.228. The van der Waals surface area contributed by atoms with Gasteiger partial charge in [0.15, 0.2) is 15.7 Å². The van der Waals surface area contributed by atoms with Crippen LogP contribution in [0.1, 0.15) is 60.9 Å². The third-order valence-electron chi connectivity index (χ3n) is 8.89. The van der Waals surface area contributed by atoms with E-state index in [0.29, 0.717) is 33.4 Å². The van der Waals surface area contributed by atoms with Crippen LogP contribution in [0.4, 0.5) is 8.78 Å². The van der Waals surface area contributed by atoms with Gasteiger partial charge in [-0.2, -0.15) is 5.10 Å². The highest BCUT2D eigenvalue weighted by Crippen LogP contribution is 2.40. The predicted molar refractivity (Wildman–Crippen MR) is 176 cm³/mol. The normalized spacial score (nSPS) is 14.4. The summed E-state index contributed by atoms with van der Waals surface area (Å²) in [7, 11) is -4.20. The Morgan fingerprint density at radius 2 is 1.81 bits per heavy atom. The molecule has 0 atom stereocenters. The molecule has 0 aliphatic carbocycles. The van der Waals surface area contributed by atoms with Crippen LogP contribution in [-0.4, -0.2) is 63.3 Å². The van der Waals surface area contributed by atoms with E-state index in [1.165, 1.54) is 15.5 Å². The molecule has 244 valence electrons. The van der Waals surface area contributed by atoms with E-state index in [1.807, 2.05) is 32.9 Å². The zero-order chi connectivity index (χ0) is 33.9. The molecule has 6 rings (SSSR count). The number of H-pyrrole nitrogens is 1. The first kappa shape index (κ1) is 32.2. The summed E-state index contributed by atoms with van der Waals surface area (Å²) in [5.41, 5.74) is 2.79. The molecule has 1 amide bonds. The second kappa shape index (κ2) is 11.8. The van der Waals surface area contributed by atoms with Gasteiger partial charge in [0, 0.05) is 41.9 Å². The number of hydrogen-bond donors (Lipinski definition) is 1. The highest BCUT2D eigenvalue weighted by Gasteiger charge is 2.35.